The average Bonchev–Trinajstić information content (AvgIpc) is 3.41. The lowest BCUT2D eigenvalue weighted by molar-refractivity contribution is -0.131. The van der Waals surface area contributed by atoms with Crippen LogP contribution in [0.3, 0.4) is 0 Å². The molecule has 0 aliphatic heterocycles. The number of allylic oxidation sites excluding steroid dienone is 3. The number of rotatable bonds is 65. The first kappa shape index (κ1) is 73.8. The van der Waals surface area contributed by atoms with E-state index in [0.717, 1.165) is 32.1 Å². The fraction of sp³-hybridized carbons (Fsp3) is 0.929. The van der Waals surface area contributed by atoms with Crippen LogP contribution in [0.4, 0.5) is 0 Å². The van der Waals surface area contributed by atoms with Crippen molar-refractivity contribution in [2.45, 2.75) is 411 Å². The molecule has 0 radical (unpaired) electrons. The molecular weight excluding hydrogens is 919 g/mol. The Morgan fingerprint density at radius 3 is 0.773 bits per heavy atom. The number of hydrogen-bond acceptors (Lipinski definition) is 4. The Balaban J connectivity index is 3.47. The fourth-order valence-electron chi connectivity index (χ4n) is 11.2. The third-order valence-corrected chi connectivity index (χ3v) is 16.5. The van der Waals surface area contributed by atoms with Crippen molar-refractivity contribution in [1.82, 2.24) is 5.32 Å². The molecule has 0 aromatic carbocycles. The standard InChI is InChI=1S/C70H137NO4/c1-3-5-7-9-11-13-15-17-19-21-23-25-27-28-29-30-31-32-33-34-35-36-37-38-39-40-41-43-45-47-49-51-53-55-57-59-61-63-65-69(74)70(75)71-67(66-72)68(73)64-62-60-58-56-54-52-50-48-46-44-42-26-24-22-20-18-16-14-12-10-8-6-4-2/h34-35,62,64,67-69,72-74H,3-33,36-61,63,65-66H2,1-2H3,(H,71,75)/b35-34-,64-62+. The van der Waals surface area contributed by atoms with Crippen molar-refractivity contribution in [2.24, 2.45) is 0 Å². The highest BCUT2D eigenvalue weighted by atomic mass is 16.3. The zero-order valence-electron chi connectivity index (χ0n) is 51.2. The summed E-state index contributed by atoms with van der Waals surface area (Å²) >= 11 is 0. The maximum atomic E-state index is 12.6. The lowest BCUT2D eigenvalue weighted by Crippen LogP contribution is -2.48. The van der Waals surface area contributed by atoms with Gasteiger partial charge < -0.3 is 20.6 Å². The van der Waals surface area contributed by atoms with Gasteiger partial charge in [0.2, 0.25) is 5.91 Å². The van der Waals surface area contributed by atoms with Gasteiger partial charge in [-0.15, -0.1) is 0 Å². The minimum atomic E-state index is -1.10. The molecule has 0 aliphatic rings. The summed E-state index contributed by atoms with van der Waals surface area (Å²) in [6, 6.07) is -0.797. The predicted molar refractivity (Wildman–Crippen MR) is 333 cm³/mol. The highest BCUT2D eigenvalue weighted by Crippen LogP contribution is 2.19. The molecule has 3 unspecified atom stereocenters. The first-order valence-electron chi connectivity index (χ1n) is 34.7. The molecule has 0 bridgehead atoms. The van der Waals surface area contributed by atoms with Crippen molar-refractivity contribution in [3.05, 3.63) is 24.3 Å². The number of aliphatic hydroxyl groups excluding tert-OH is 3. The van der Waals surface area contributed by atoms with Crippen LogP contribution in [0.15, 0.2) is 24.3 Å². The van der Waals surface area contributed by atoms with E-state index in [1.165, 1.54) is 340 Å². The average molecular weight is 1060 g/mol. The third-order valence-electron chi connectivity index (χ3n) is 16.5. The Kier molecular flexibility index (Phi) is 64.3. The first-order valence-corrected chi connectivity index (χ1v) is 34.7. The molecule has 75 heavy (non-hydrogen) atoms. The van der Waals surface area contributed by atoms with Gasteiger partial charge in [0.05, 0.1) is 18.8 Å². The van der Waals surface area contributed by atoms with Crippen LogP contribution in [0, 0.1) is 0 Å². The minimum Gasteiger partial charge on any atom is -0.394 e. The summed E-state index contributed by atoms with van der Waals surface area (Å²) in [5, 5.41) is 33.5. The van der Waals surface area contributed by atoms with Gasteiger partial charge in [-0.2, -0.15) is 0 Å². The highest BCUT2D eigenvalue weighted by Gasteiger charge is 2.22. The number of nitrogens with one attached hydrogen (secondary N) is 1. The maximum Gasteiger partial charge on any atom is 0.249 e. The molecular formula is C70H137NO4. The van der Waals surface area contributed by atoms with E-state index in [1.807, 2.05) is 6.08 Å². The first-order chi connectivity index (χ1) is 37.1. The maximum absolute atomic E-state index is 12.6. The second kappa shape index (κ2) is 65.3. The van der Waals surface area contributed by atoms with Crippen LogP contribution in [0.25, 0.3) is 0 Å². The molecule has 0 rings (SSSR count). The Morgan fingerprint density at radius 2 is 0.533 bits per heavy atom. The second-order valence-corrected chi connectivity index (χ2v) is 24.1. The van der Waals surface area contributed by atoms with Gasteiger partial charge in [-0.25, -0.2) is 0 Å². The summed E-state index contributed by atoms with van der Waals surface area (Å²) in [6.45, 7) is 4.24. The van der Waals surface area contributed by atoms with Crippen molar-refractivity contribution in [3.8, 4) is 0 Å². The van der Waals surface area contributed by atoms with Crippen molar-refractivity contribution >= 4 is 5.91 Å². The van der Waals surface area contributed by atoms with Crippen LogP contribution in [0.5, 0.6) is 0 Å². The normalized spacial score (nSPS) is 13.2. The van der Waals surface area contributed by atoms with Gasteiger partial charge in [-0.05, 0) is 44.9 Å². The molecule has 0 saturated heterocycles. The van der Waals surface area contributed by atoms with Crippen LogP contribution in [-0.2, 0) is 4.79 Å². The van der Waals surface area contributed by atoms with E-state index in [2.05, 4.69) is 31.3 Å². The minimum absolute atomic E-state index is 0.360. The Labute approximate surface area is 471 Å². The summed E-state index contributed by atoms with van der Waals surface area (Å²) < 4.78 is 0. The number of unbranched alkanes of at least 4 members (excludes halogenated alkanes) is 55. The zero-order valence-corrected chi connectivity index (χ0v) is 51.2. The molecule has 0 aromatic heterocycles. The van der Waals surface area contributed by atoms with Crippen molar-refractivity contribution in [1.29, 1.82) is 0 Å². The van der Waals surface area contributed by atoms with Crippen LogP contribution < -0.4 is 5.32 Å². The van der Waals surface area contributed by atoms with Gasteiger partial charge in [0.25, 0.3) is 0 Å². The SMILES string of the molecule is CCCCCCCCCCCCCCCCCCCC/C=C\CCCCCCCCCCCCCCCCCCC(O)C(=O)NC(CO)C(O)/C=C/CCCCCCCCCCCCCCCCCCCCCCC. The van der Waals surface area contributed by atoms with E-state index in [0.29, 0.717) is 6.42 Å². The van der Waals surface area contributed by atoms with Crippen LogP contribution in [-0.4, -0.2) is 46.1 Å². The van der Waals surface area contributed by atoms with Gasteiger partial charge in [-0.1, -0.05) is 372 Å². The van der Waals surface area contributed by atoms with Crippen molar-refractivity contribution in [3.63, 3.8) is 0 Å². The molecule has 0 aromatic rings. The molecule has 0 saturated carbocycles. The molecule has 1 amide bonds. The third kappa shape index (κ3) is 60.3. The van der Waals surface area contributed by atoms with E-state index >= 15 is 0 Å². The summed E-state index contributed by atoms with van der Waals surface area (Å²) in [5.41, 5.74) is 0. The van der Waals surface area contributed by atoms with E-state index < -0.39 is 24.2 Å². The van der Waals surface area contributed by atoms with E-state index in [9.17, 15) is 20.1 Å². The number of carbonyl (C=O) groups excluding carboxylic acids is 1. The topological polar surface area (TPSA) is 89.8 Å². The number of aliphatic hydroxyl groups is 3. The lowest BCUT2D eigenvalue weighted by Gasteiger charge is -2.21. The Bertz CT molecular complexity index is 1120. The molecule has 3 atom stereocenters. The second-order valence-electron chi connectivity index (χ2n) is 24.1. The summed E-state index contributed by atoms with van der Waals surface area (Å²) in [7, 11) is 0. The van der Waals surface area contributed by atoms with Crippen LogP contribution in [0.2, 0.25) is 0 Å². The molecule has 446 valence electrons. The summed E-state index contributed by atoms with van der Waals surface area (Å²) in [4.78, 5) is 12.6. The largest absolute Gasteiger partial charge is 0.394 e. The molecule has 0 aliphatic carbocycles. The number of carbonyl (C=O) groups is 1. The van der Waals surface area contributed by atoms with Gasteiger partial charge in [0.1, 0.15) is 6.10 Å². The smallest absolute Gasteiger partial charge is 0.249 e. The van der Waals surface area contributed by atoms with E-state index in [-0.39, 0.29) is 6.61 Å². The summed E-state index contributed by atoms with van der Waals surface area (Å²) in [6.07, 6.45) is 86.1. The van der Waals surface area contributed by atoms with Gasteiger partial charge in [-0.3, -0.25) is 4.79 Å². The molecule has 5 heteroatoms. The number of amides is 1. The quantitative estimate of drug-likeness (QED) is 0.0361. The van der Waals surface area contributed by atoms with Gasteiger partial charge in [0, 0.05) is 0 Å². The Hall–Kier alpha value is -1.17. The molecule has 0 fully saturated rings. The van der Waals surface area contributed by atoms with E-state index in [1.54, 1.807) is 6.08 Å². The van der Waals surface area contributed by atoms with Crippen LogP contribution >= 0.6 is 0 Å². The monoisotopic (exact) mass is 1060 g/mol. The Morgan fingerprint density at radius 1 is 0.320 bits per heavy atom. The van der Waals surface area contributed by atoms with Crippen molar-refractivity contribution in [2.75, 3.05) is 6.61 Å². The molecule has 0 spiro atoms. The molecule has 4 N–H and O–H groups in total. The van der Waals surface area contributed by atoms with Crippen molar-refractivity contribution < 1.29 is 20.1 Å². The number of hydrogen-bond donors (Lipinski definition) is 4. The van der Waals surface area contributed by atoms with Crippen LogP contribution in [0.1, 0.15) is 393 Å². The zero-order chi connectivity index (χ0) is 54.3. The van der Waals surface area contributed by atoms with Gasteiger partial charge in [0.15, 0.2) is 0 Å². The van der Waals surface area contributed by atoms with E-state index in [4.69, 9.17) is 0 Å². The van der Waals surface area contributed by atoms with Gasteiger partial charge >= 0.3 is 0 Å². The fourth-order valence-corrected chi connectivity index (χ4v) is 11.2. The highest BCUT2D eigenvalue weighted by molar-refractivity contribution is 5.80. The lowest BCUT2D eigenvalue weighted by atomic mass is 10.0. The molecule has 5 nitrogen and oxygen atoms in total. The summed E-state index contributed by atoms with van der Waals surface area (Å²) in [5.74, 6) is -0.495. The molecule has 0 heterocycles. The predicted octanol–water partition coefficient (Wildman–Crippen LogP) is 22.4.